The molecular formula is C64H41NS. The molecule has 0 aliphatic carbocycles. The van der Waals surface area contributed by atoms with Crippen molar-refractivity contribution in [3.8, 4) is 44.5 Å². The standard InChI is InChI=1S/C64H41NS/c1-2-12-42(13-3-1)43-24-30-50(31-25-43)65(52-34-35-59-57-21-7-6-19-55(57)56-20-8-9-22-58(56)60(59)41-52)51-32-26-44(27-33-51)46-16-10-17-47(38-46)48-28-36-63-61(39-48)62-40-49(29-37-64(62)66-63)54-23-11-15-45-14-4-5-18-53(45)54/h1-41H. The highest BCUT2D eigenvalue weighted by Crippen LogP contribution is 2.43. The van der Waals surface area contributed by atoms with Crippen molar-refractivity contribution < 1.29 is 0 Å². The number of anilines is 3. The van der Waals surface area contributed by atoms with Gasteiger partial charge in [-0.2, -0.15) is 0 Å². The first-order valence-electron chi connectivity index (χ1n) is 22.6. The van der Waals surface area contributed by atoms with Gasteiger partial charge >= 0.3 is 0 Å². The molecule has 0 unspecified atom stereocenters. The number of rotatable bonds is 7. The van der Waals surface area contributed by atoms with Crippen molar-refractivity contribution in [2.75, 3.05) is 4.90 Å². The summed E-state index contributed by atoms with van der Waals surface area (Å²) in [5, 5.41) is 12.8. The number of hydrogen-bond donors (Lipinski definition) is 0. The zero-order chi connectivity index (χ0) is 43.6. The smallest absolute Gasteiger partial charge is 0.0468 e. The summed E-state index contributed by atoms with van der Waals surface area (Å²) in [4.78, 5) is 2.39. The van der Waals surface area contributed by atoms with Gasteiger partial charge in [-0.15, -0.1) is 11.3 Å². The maximum absolute atomic E-state index is 2.39. The highest BCUT2D eigenvalue weighted by atomic mass is 32.1. The average Bonchev–Trinajstić information content (AvgIpc) is 3.77. The van der Waals surface area contributed by atoms with Gasteiger partial charge in [0.1, 0.15) is 0 Å². The van der Waals surface area contributed by atoms with E-state index in [9.17, 15) is 0 Å². The molecule has 66 heavy (non-hydrogen) atoms. The Morgan fingerprint density at radius 1 is 0.227 bits per heavy atom. The molecular weight excluding hydrogens is 815 g/mol. The fourth-order valence-electron chi connectivity index (χ4n) is 10.2. The molecule has 0 aliphatic heterocycles. The van der Waals surface area contributed by atoms with E-state index in [2.05, 4.69) is 254 Å². The Morgan fingerprint density at radius 2 is 0.652 bits per heavy atom. The number of nitrogens with zero attached hydrogens (tertiary/aromatic N) is 1. The first-order chi connectivity index (χ1) is 32.7. The van der Waals surface area contributed by atoms with Crippen molar-refractivity contribution in [2.45, 2.75) is 0 Å². The van der Waals surface area contributed by atoms with E-state index in [0.29, 0.717) is 0 Å². The van der Waals surface area contributed by atoms with Gasteiger partial charge in [-0.1, -0.05) is 182 Å². The second-order valence-electron chi connectivity index (χ2n) is 17.2. The number of benzene rings is 12. The molecule has 1 nitrogen and oxygen atoms in total. The van der Waals surface area contributed by atoms with Crippen LogP contribution in [-0.4, -0.2) is 0 Å². The maximum Gasteiger partial charge on any atom is 0.0468 e. The first kappa shape index (κ1) is 38.2. The summed E-state index contributed by atoms with van der Waals surface area (Å²) in [5.74, 6) is 0. The minimum atomic E-state index is 1.10. The number of fused-ring (bicyclic) bond motifs is 10. The van der Waals surface area contributed by atoms with Gasteiger partial charge in [0.15, 0.2) is 0 Å². The van der Waals surface area contributed by atoms with Crippen LogP contribution in [0.15, 0.2) is 249 Å². The third kappa shape index (κ3) is 6.53. The molecule has 1 heterocycles. The highest BCUT2D eigenvalue weighted by molar-refractivity contribution is 7.25. The number of hydrogen-bond acceptors (Lipinski definition) is 2. The van der Waals surface area contributed by atoms with Crippen molar-refractivity contribution in [3.05, 3.63) is 249 Å². The fraction of sp³-hybridized carbons (Fsp3) is 0. The van der Waals surface area contributed by atoms with Crippen LogP contribution in [0.1, 0.15) is 0 Å². The minimum absolute atomic E-state index is 1.10. The van der Waals surface area contributed by atoms with Gasteiger partial charge in [0.25, 0.3) is 0 Å². The summed E-state index contributed by atoms with van der Waals surface area (Å²) in [6.07, 6.45) is 0. The van der Waals surface area contributed by atoms with Gasteiger partial charge in [0, 0.05) is 37.2 Å². The van der Waals surface area contributed by atoms with Crippen molar-refractivity contribution in [2.24, 2.45) is 0 Å². The molecule has 0 spiro atoms. The second kappa shape index (κ2) is 15.7. The molecule has 13 aromatic rings. The van der Waals surface area contributed by atoms with E-state index in [1.54, 1.807) is 0 Å². The van der Waals surface area contributed by atoms with E-state index in [4.69, 9.17) is 0 Å². The van der Waals surface area contributed by atoms with E-state index in [1.165, 1.54) is 108 Å². The maximum atomic E-state index is 2.39. The molecule has 12 aromatic carbocycles. The van der Waals surface area contributed by atoms with Crippen molar-refractivity contribution >= 4 is 91.7 Å². The van der Waals surface area contributed by atoms with Gasteiger partial charge in [-0.3, -0.25) is 0 Å². The van der Waals surface area contributed by atoms with Gasteiger partial charge in [-0.25, -0.2) is 0 Å². The molecule has 13 rings (SSSR count). The minimum Gasteiger partial charge on any atom is -0.310 e. The predicted octanol–water partition coefficient (Wildman–Crippen LogP) is 18.8. The summed E-state index contributed by atoms with van der Waals surface area (Å²) in [5.41, 5.74) is 13.0. The molecule has 0 aliphatic rings. The van der Waals surface area contributed by atoms with E-state index in [0.717, 1.165) is 17.1 Å². The monoisotopic (exact) mass is 855 g/mol. The van der Waals surface area contributed by atoms with Crippen LogP contribution >= 0.6 is 11.3 Å². The number of thiophene rings is 1. The van der Waals surface area contributed by atoms with E-state index in [-0.39, 0.29) is 0 Å². The lowest BCUT2D eigenvalue weighted by Crippen LogP contribution is -2.10. The van der Waals surface area contributed by atoms with Gasteiger partial charge in [0.05, 0.1) is 0 Å². The Kier molecular flexibility index (Phi) is 9.11. The Morgan fingerprint density at radius 3 is 1.32 bits per heavy atom. The highest BCUT2D eigenvalue weighted by Gasteiger charge is 2.17. The van der Waals surface area contributed by atoms with Crippen LogP contribution in [0.2, 0.25) is 0 Å². The van der Waals surface area contributed by atoms with Crippen molar-refractivity contribution in [1.82, 2.24) is 0 Å². The Labute approximate surface area is 387 Å². The van der Waals surface area contributed by atoms with Crippen LogP contribution in [0.4, 0.5) is 17.1 Å². The topological polar surface area (TPSA) is 3.24 Å². The largest absolute Gasteiger partial charge is 0.310 e. The van der Waals surface area contributed by atoms with E-state index < -0.39 is 0 Å². The van der Waals surface area contributed by atoms with Crippen LogP contribution in [0.3, 0.4) is 0 Å². The summed E-state index contributed by atoms with van der Waals surface area (Å²) in [6.45, 7) is 0. The Bertz CT molecular complexity index is 3940. The van der Waals surface area contributed by atoms with Gasteiger partial charge in [0.2, 0.25) is 0 Å². The normalized spacial score (nSPS) is 11.6. The lowest BCUT2D eigenvalue weighted by atomic mass is 9.94. The van der Waals surface area contributed by atoms with Gasteiger partial charge in [-0.05, 0) is 154 Å². The summed E-state index contributed by atoms with van der Waals surface area (Å²) < 4.78 is 2.62. The van der Waals surface area contributed by atoms with Crippen molar-refractivity contribution in [1.29, 1.82) is 0 Å². The molecule has 308 valence electrons. The lowest BCUT2D eigenvalue weighted by Gasteiger charge is -2.27. The van der Waals surface area contributed by atoms with Crippen LogP contribution in [0, 0.1) is 0 Å². The lowest BCUT2D eigenvalue weighted by molar-refractivity contribution is 1.29. The second-order valence-corrected chi connectivity index (χ2v) is 18.3. The molecule has 2 heteroatoms. The quantitative estimate of drug-likeness (QED) is 0.144. The van der Waals surface area contributed by atoms with Crippen molar-refractivity contribution in [3.63, 3.8) is 0 Å². The predicted molar refractivity (Wildman–Crippen MR) is 286 cm³/mol. The third-order valence-electron chi connectivity index (χ3n) is 13.4. The zero-order valence-corrected chi connectivity index (χ0v) is 36.8. The molecule has 1 aromatic heterocycles. The molecule has 0 saturated carbocycles. The van der Waals surface area contributed by atoms with Crippen LogP contribution in [-0.2, 0) is 0 Å². The third-order valence-corrected chi connectivity index (χ3v) is 14.6. The molecule has 0 bridgehead atoms. The Hall–Kier alpha value is -8.30. The zero-order valence-electron chi connectivity index (χ0n) is 36.0. The summed E-state index contributed by atoms with van der Waals surface area (Å²) in [6, 6.07) is 91.5. The van der Waals surface area contributed by atoms with Crippen LogP contribution in [0.5, 0.6) is 0 Å². The molecule has 0 N–H and O–H groups in total. The van der Waals surface area contributed by atoms with Gasteiger partial charge < -0.3 is 4.90 Å². The Balaban J connectivity index is 0.878. The van der Waals surface area contributed by atoms with E-state index >= 15 is 0 Å². The first-order valence-corrected chi connectivity index (χ1v) is 23.5. The summed E-state index contributed by atoms with van der Waals surface area (Å²) >= 11 is 1.87. The van der Waals surface area contributed by atoms with Crippen LogP contribution in [0.25, 0.3) is 108 Å². The summed E-state index contributed by atoms with van der Waals surface area (Å²) in [7, 11) is 0. The van der Waals surface area contributed by atoms with E-state index in [1.807, 2.05) is 11.3 Å². The molecule has 0 atom stereocenters. The average molecular weight is 856 g/mol. The molecule has 0 radical (unpaired) electrons. The molecule has 0 amide bonds. The molecule has 0 saturated heterocycles. The van der Waals surface area contributed by atoms with Crippen LogP contribution < -0.4 is 4.90 Å². The fourth-order valence-corrected chi connectivity index (χ4v) is 11.3. The SMILES string of the molecule is c1ccc(-c2ccc(N(c3ccc(-c4cccc(-c5ccc6sc7ccc(-c8cccc9ccccc89)cc7c6c5)c4)cc3)c3ccc4c5ccccc5c5ccccc5c4c3)cc2)cc1. The molecule has 0 fully saturated rings.